The van der Waals surface area contributed by atoms with Gasteiger partial charge in [-0.1, -0.05) is 0 Å². The first-order chi connectivity index (χ1) is 4.45. The van der Waals surface area contributed by atoms with Crippen LogP contribution in [0.1, 0.15) is 11.3 Å². The molecular weight excluding hydrogens is 114 g/mol. The van der Waals surface area contributed by atoms with Gasteiger partial charge in [0.15, 0.2) is 0 Å². The molecule has 0 saturated carbocycles. The average Bonchev–Trinajstić information content (AvgIpc) is 2.50. The van der Waals surface area contributed by atoms with Crippen molar-refractivity contribution in [1.29, 1.82) is 0 Å². The van der Waals surface area contributed by atoms with Gasteiger partial charge in [0.05, 0.1) is 5.52 Å². The fourth-order valence-corrected chi connectivity index (χ4v) is 1.48. The lowest BCUT2D eigenvalue weighted by Crippen LogP contribution is -1.83. The molecule has 2 heteroatoms. The molecular formula is C7H5NO. The van der Waals surface area contributed by atoms with Crippen molar-refractivity contribution in [2.75, 3.05) is 0 Å². The Balaban J connectivity index is 2.83. The topological polar surface area (TPSA) is 28.9 Å². The van der Waals surface area contributed by atoms with Gasteiger partial charge in [0, 0.05) is 18.0 Å². The number of furan rings is 1. The summed E-state index contributed by atoms with van der Waals surface area (Å²) in [5, 5.41) is 1.27. The van der Waals surface area contributed by atoms with E-state index in [1.54, 1.807) is 0 Å². The molecule has 2 aromatic heterocycles. The molecule has 2 heterocycles. The molecule has 0 radical (unpaired) electrons. The lowest BCUT2D eigenvalue weighted by Gasteiger charge is -1.93. The Kier molecular flexibility index (Phi) is 0.387. The van der Waals surface area contributed by atoms with Crippen LogP contribution in [0.15, 0.2) is 16.9 Å². The van der Waals surface area contributed by atoms with E-state index < -0.39 is 0 Å². The van der Waals surface area contributed by atoms with E-state index in [0.29, 0.717) is 0 Å². The van der Waals surface area contributed by atoms with Crippen LogP contribution in [0, 0.1) is 0 Å². The summed E-state index contributed by atoms with van der Waals surface area (Å²) in [5.74, 6) is 1.10. The van der Waals surface area contributed by atoms with E-state index in [1.165, 1.54) is 16.5 Å². The second-order valence-electron chi connectivity index (χ2n) is 2.44. The molecule has 3 rings (SSSR count). The molecule has 44 valence electrons. The molecule has 1 N–H and O–H groups in total. The highest BCUT2D eigenvalue weighted by atomic mass is 16.3. The predicted octanol–water partition coefficient (Wildman–Crippen LogP) is 1.67. The lowest BCUT2D eigenvalue weighted by molar-refractivity contribution is 0.518. The summed E-state index contributed by atoms with van der Waals surface area (Å²) >= 11 is 0. The van der Waals surface area contributed by atoms with Crippen molar-refractivity contribution in [2.24, 2.45) is 0 Å². The number of aromatic amines is 1. The third-order valence-electron chi connectivity index (χ3n) is 1.95. The average molecular weight is 119 g/mol. The SMILES string of the molecule is c1[nH]c2c3occ2c1C3. The second-order valence-corrected chi connectivity index (χ2v) is 2.44. The Labute approximate surface area is 51.5 Å². The van der Waals surface area contributed by atoms with Crippen molar-refractivity contribution in [3.05, 3.63) is 23.8 Å². The maximum absolute atomic E-state index is 5.20. The van der Waals surface area contributed by atoms with Crippen LogP contribution in [0.3, 0.4) is 0 Å². The molecule has 0 atom stereocenters. The zero-order chi connectivity index (χ0) is 5.84. The molecule has 0 fully saturated rings. The first-order valence-electron chi connectivity index (χ1n) is 3.01. The Morgan fingerprint density at radius 1 is 1.56 bits per heavy atom. The van der Waals surface area contributed by atoms with Gasteiger partial charge < -0.3 is 9.40 Å². The summed E-state index contributed by atoms with van der Waals surface area (Å²) in [4.78, 5) is 3.14. The molecule has 0 saturated heterocycles. The molecule has 1 aliphatic carbocycles. The Morgan fingerprint density at radius 3 is 3.11 bits per heavy atom. The van der Waals surface area contributed by atoms with E-state index in [-0.39, 0.29) is 0 Å². The van der Waals surface area contributed by atoms with Crippen molar-refractivity contribution in [2.45, 2.75) is 6.42 Å². The number of hydrogen-bond acceptors (Lipinski definition) is 1. The number of aromatic nitrogens is 1. The molecule has 1 aliphatic rings. The summed E-state index contributed by atoms with van der Waals surface area (Å²) < 4.78 is 5.20. The number of H-pyrrole nitrogens is 1. The number of hydrogen-bond donors (Lipinski definition) is 1. The maximum Gasteiger partial charge on any atom is 0.132 e. The fraction of sp³-hybridized carbons (Fsp3) is 0.143. The highest BCUT2D eigenvalue weighted by Gasteiger charge is 2.19. The van der Waals surface area contributed by atoms with E-state index >= 15 is 0 Å². The minimum Gasteiger partial charge on any atom is -0.466 e. The van der Waals surface area contributed by atoms with Gasteiger partial charge in [0.25, 0.3) is 0 Å². The number of nitrogens with one attached hydrogen (secondary N) is 1. The highest BCUT2D eigenvalue weighted by Crippen LogP contribution is 2.33. The molecule has 0 unspecified atom stereocenters. The Morgan fingerprint density at radius 2 is 2.56 bits per heavy atom. The summed E-state index contributed by atoms with van der Waals surface area (Å²) in [7, 11) is 0. The van der Waals surface area contributed by atoms with Crippen LogP contribution in [0.2, 0.25) is 0 Å². The van der Waals surface area contributed by atoms with Crippen molar-refractivity contribution in [1.82, 2.24) is 4.98 Å². The zero-order valence-corrected chi connectivity index (χ0v) is 4.77. The van der Waals surface area contributed by atoms with Gasteiger partial charge in [-0.2, -0.15) is 0 Å². The van der Waals surface area contributed by atoms with Crippen LogP contribution in [-0.2, 0) is 6.42 Å². The van der Waals surface area contributed by atoms with Gasteiger partial charge in [-0.15, -0.1) is 0 Å². The minimum absolute atomic E-state index is 1.01. The van der Waals surface area contributed by atoms with Crippen LogP contribution < -0.4 is 0 Å². The molecule has 0 aliphatic heterocycles. The lowest BCUT2D eigenvalue weighted by atomic mass is 10.2. The third-order valence-corrected chi connectivity index (χ3v) is 1.95. The van der Waals surface area contributed by atoms with E-state index in [2.05, 4.69) is 4.98 Å². The minimum atomic E-state index is 1.01. The monoisotopic (exact) mass is 119 g/mol. The van der Waals surface area contributed by atoms with Crippen molar-refractivity contribution in [3.63, 3.8) is 0 Å². The van der Waals surface area contributed by atoms with E-state index in [0.717, 1.165) is 12.2 Å². The van der Waals surface area contributed by atoms with Crippen LogP contribution in [0.5, 0.6) is 0 Å². The third kappa shape index (κ3) is 0.257. The molecule has 2 nitrogen and oxygen atoms in total. The standard InChI is InChI=1S/C7H5NO/c1-4-2-8-7-5(4)3-9-6(1)7/h2-3,8H,1H2. The van der Waals surface area contributed by atoms with E-state index in [9.17, 15) is 0 Å². The van der Waals surface area contributed by atoms with Crippen LogP contribution in [-0.4, -0.2) is 4.98 Å². The van der Waals surface area contributed by atoms with Gasteiger partial charge in [-0.3, -0.25) is 0 Å². The number of rotatable bonds is 0. The fourth-order valence-electron chi connectivity index (χ4n) is 1.48. The molecule has 0 aromatic carbocycles. The van der Waals surface area contributed by atoms with Crippen LogP contribution in [0.4, 0.5) is 0 Å². The van der Waals surface area contributed by atoms with Gasteiger partial charge >= 0.3 is 0 Å². The van der Waals surface area contributed by atoms with Gasteiger partial charge in [-0.25, -0.2) is 0 Å². The van der Waals surface area contributed by atoms with Gasteiger partial charge in [0.2, 0.25) is 0 Å². The molecule has 0 amide bonds. The highest BCUT2D eigenvalue weighted by molar-refractivity contribution is 5.89. The molecule has 2 aromatic rings. The zero-order valence-electron chi connectivity index (χ0n) is 4.77. The largest absolute Gasteiger partial charge is 0.466 e. The Hall–Kier alpha value is -1.18. The second kappa shape index (κ2) is 0.923. The van der Waals surface area contributed by atoms with Crippen LogP contribution >= 0.6 is 0 Å². The predicted molar refractivity (Wildman–Crippen MR) is 33.4 cm³/mol. The van der Waals surface area contributed by atoms with Crippen molar-refractivity contribution < 1.29 is 4.42 Å². The van der Waals surface area contributed by atoms with Gasteiger partial charge in [0.1, 0.15) is 12.0 Å². The van der Waals surface area contributed by atoms with E-state index in [1.807, 2.05) is 12.5 Å². The first-order valence-corrected chi connectivity index (χ1v) is 3.01. The van der Waals surface area contributed by atoms with Crippen molar-refractivity contribution >= 4 is 10.9 Å². The van der Waals surface area contributed by atoms with Gasteiger partial charge in [-0.05, 0) is 5.56 Å². The maximum atomic E-state index is 5.20. The summed E-state index contributed by atoms with van der Waals surface area (Å²) in [6.45, 7) is 0. The van der Waals surface area contributed by atoms with Crippen LogP contribution in [0.25, 0.3) is 10.9 Å². The van der Waals surface area contributed by atoms with Crippen molar-refractivity contribution in [3.8, 4) is 0 Å². The quantitative estimate of drug-likeness (QED) is 0.479. The van der Waals surface area contributed by atoms with E-state index in [4.69, 9.17) is 4.42 Å². The Bertz CT molecular complexity index is 333. The molecule has 9 heavy (non-hydrogen) atoms. The normalized spacial score (nSPS) is 14.2. The molecule has 0 spiro atoms. The summed E-state index contributed by atoms with van der Waals surface area (Å²) in [5.41, 5.74) is 2.58. The first kappa shape index (κ1) is 3.77. The smallest absolute Gasteiger partial charge is 0.132 e. The summed E-state index contributed by atoms with van der Waals surface area (Å²) in [6.07, 6.45) is 4.88. The summed E-state index contributed by atoms with van der Waals surface area (Å²) in [6, 6.07) is 0. The molecule has 4 bridgehead atoms.